The topological polar surface area (TPSA) is 61.4 Å². The summed E-state index contributed by atoms with van der Waals surface area (Å²) in [6, 6.07) is 14.3. The van der Waals surface area contributed by atoms with Gasteiger partial charge in [0, 0.05) is 32.6 Å². The van der Waals surface area contributed by atoms with E-state index in [0.717, 1.165) is 24.0 Å². The summed E-state index contributed by atoms with van der Waals surface area (Å²) in [5, 5.41) is 5.82. The largest absolute Gasteiger partial charge is 0.352 e. The zero-order chi connectivity index (χ0) is 20.6. The van der Waals surface area contributed by atoms with Gasteiger partial charge in [-0.2, -0.15) is 0 Å². The molecule has 2 aromatic carbocycles. The number of halogens is 1. The summed E-state index contributed by atoms with van der Waals surface area (Å²) in [6.45, 7) is 4.19. The number of piperidine rings is 1. The second kappa shape index (κ2) is 10.0. The van der Waals surface area contributed by atoms with E-state index in [0.29, 0.717) is 32.6 Å². The summed E-state index contributed by atoms with van der Waals surface area (Å²) in [5.41, 5.74) is 3.02. The standard InChI is InChI=1S/C23H28FN3O2/c1-17-5-7-19(8-6-17)15-26-23(29)27-11-9-18(10-12-27)14-22(28)25-16-20-3-2-4-21(24)13-20/h2-8,13,18H,9-12,14-16H2,1H3,(H,25,28)(H,26,29). The smallest absolute Gasteiger partial charge is 0.317 e. The fraction of sp³-hybridized carbons (Fsp3) is 0.391. The van der Waals surface area contributed by atoms with E-state index >= 15 is 0 Å². The van der Waals surface area contributed by atoms with Gasteiger partial charge in [-0.1, -0.05) is 42.0 Å². The van der Waals surface area contributed by atoms with E-state index in [1.54, 1.807) is 12.1 Å². The zero-order valence-electron chi connectivity index (χ0n) is 16.8. The lowest BCUT2D eigenvalue weighted by Crippen LogP contribution is -2.44. The van der Waals surface area contributed by atoms with Crippen LogP contribution in [0.2, 0.25) is 0 Å². The van der Waals surface area contributed by atoms with E-state index < -0.39 is 0 Å². The van der Waals surface area contributed by atoms with Crippen molar-refractivity contribution in [2.45, 2.75) is 39.3 Å². The average molecular weight is 397 g/mol. The molecule has 0 aliphatic carbocycles. The summed E-state index contributed by atoms with van der Waals surface area (Å²) in [7, 11) is 0. The Morgan fingerprint density at radius 3 is 2.38 bits per heavy atom. The van der Waals surface area contributed by atoms with E-state index in [9.17, 15) is 14.0 Å². The molecule has 0 aromatic heterocycles. The van der Waals surface area contributed by atoms with Crippen LogP contribution in [0.5, 0.6) is 0 Å². The molecule has 2 N–H and O–H groups in total. The van der Waals surface area contributed by atoms with Gasteiger partial charge in [-0.25, -0.2) is 9.18 Å². The first-order chi connectivity index (χ1) is 14.0. The summed E-state index contributed by atoms with van der Waals surface area (Å²) in [5.74, 6) is -0.0648. The molecule has 1 fully saturated rings. The fourth-order valence-corrected chi connectivity index (χ4v) is 3.52. The first kappa shape index (κ1) is 20.8. The minimum atomic E-state index is -0.301. The Morgan fingerprint density at radius 2 is 1.69 bits per heavy atom. The third-order valence-corrected chi connectivity index (χ3v) is 5.32. The van der Waals surface area contributed by atoms with Crippen molar-refractivity contribution in [3.05, 3.63) is 71.0 Å². The molecule has 0 radical (unpaired) electrons. The maximum Gasteiger partial charge on any atom is 0.317 e. The predicted octanol–water partition coefficient (Wildman–Crippen LogP) is 3.76. The minimum Gasteiger partial charge on any atom is -0.352 e. The molecule has 2 aromatic rings. The highest BCUT2D eigenvalue weighted by Crippen LogP contribution is 2.20. The number of hydrogen-bond acceptors (Lipinski definition) is 2. The molecule has 0 saturated carbocycles. The molecule has 0 spiro atoms. The number of rotatable bonds is 6. The molecule has 5 nitrogen and oxygen atoms in total. The second-order valence-corrected chi connectivity index (χ2v) is 7.69. The molecule has 0 bridgehead atoms. The monoisotopic (exact) mass is 397 g/mol. The van der Waals surface area contributed by atoms with Crippen LogP contribution >= 0.6 is 0 Å². The molecule has 1 aliphatic rings. The van der Waals surface area contributed by atoms with E-state index in [1.807, 2.05) is 36.1 Å². The molecule has 0 atom stereocenters. The Bertz CT molecular complexity index is 830. The maximum absolute atomic E-state index is 13.2. The molecule has 3 amide bonds. The third-order valence-electron chi connectivity index (χ3n) is 5.32. The van der Waals surface area contributed by atoms with Crippen molar-refractivity contribution >= 4 is 11.9 Å². The number of likely N-dealkylation sites (tertiary alicyclic amines) is 1. The Balaban J connectivity index is 1.35. The van der Waals surface area contributed by atoms with Crippen LogP contribution in [-0.2, 0) is 17.9 Å². The van der Waals surface area contributed by atoms with Crippen molar-refractivity contribution in [1.29, 1.82) is 0 Å². The van der Waals surface area contributed by atoms with E-state index in [1.165, 1.54) is 17.7 Å². The van der Waals surface area contributed by atoms with Crippen LogP contribution in [0.3, 0.4) is 0 Å². The zero-order valence-corrected chi connectivity index (χ0v) is 16.8. The highest BCUT2D eigenvalue weighted by atomic mass is 19.1. The highest BCUT2D eigenvalue weighted by molar-refractivity contribution is 5.76. The van der Waals surface area contributed by atoms with E-state index in [4.69, 9.17) is 0 Å². The number of carbonyl (C=O) groups excluding carboxylic acids is 2. The minimum absolute atomic E-state index is 0.0310. The summed E-state index contributed by atoms with van der Waals surface area (Å²) >= 11 is 0. The normalized spacial score (nSPS) is 14.5. The van der Waals surface area contributed by atoms with Gasteiger partial charge in [0.2, 0.25) is 5.91 Å². The van der Waals surface area contributed by atoms with Crippen LogP contribution in [0.4, 0.5) is 9.18 Å². The van der Waals surface area contributed by atoms with Crippen LogP contribution in [0, 0.1) is 18.7 Å². The van der Waals surface area contributed by atoms with Gasteiger partial charge in [-0.05, 0) is 48.9 Å². The lowest BCUT2D eigenvalue weighted by Gasteiger charge is -2.31. The van der Waals surface area contributed by atoms with Crippen molar-refractivity contribution in [1.82, 2.24) is 15.5 Å². The molecule has 6 heteroatoms. The van der Waals surface area contributed by atoms with Gasteiger partial charge in [-0.3, -0.25) is 4.79 Å². The highest BCUT2D eigenvalue weighted by Gasteiger charge is 2.24. The van der Waals surface area contributed by atoms with Crippen LogP contribution < -0.4 is 10.6 Å². The first-order valence-corrected chi connectivity index (χ1v) is 10.1. The van der Waals surface area contributed by atoms with Crippen molar-refractivity contribution in [3.8, 4) is 0 Å². The molecule has 29 heavy (non-hydrogen) atoms. The first-order valence-electron chi connectivity index (χ1n) is 10.1. The fourth-order valence-electron chi connectivity index (χ4n) is 3.52. The van der Waals surface area contributed by atoms with Gasteiger partial charge in [0.05, 0.1) is 0 Å². The molecule has 1 saturated heterocycles. The maximum atomic E-state index is 13.2. The lowest BCUT2D eigenvalue weighted by molar-refractivity contribution is -0.122. The number of nitrogens with one attached hydrogen (secondary N) is 2. The molecule has 0 unspecified atom stereocenters. The Morgan fingerprint density at radius 1 is 1.00 bits per heavy atom. The Hall–Kier alpha value is -2.89. The van der Waals surface area contributed by atoms with Gasteiger partial charge in [0.15, 0.2) is 0 Å². The number of aryl methyl sites for hydroxylation is 1. The van der Waals surface area contributed by atoms with E-state index in [-0.39, 0.29) is 23.7 Å². The molecular formula is C23H28FN3O2. The molecule has 1 aliphatic heterocycles. The van der Waals surface area contributed by atoms with E-state index in [2.05, 4.69) is 10.6 Å². The summed E-state index contributed by atoms with van der Waals surface area (Å²) in [6.07, 6.45) is 2.06. The SMILES string of the molecule is Cc1ccc(CNC(=O)N2CCC(CC(=O)NCc3cccc(F)c3)CC2)cc1. The van der Waals surface area contributed by atoms with Gasteiger partial charge < -0.3 is 15.5 Å². The van der Waals surface area contributed by atoms with Gasteiger partial charge in [-0.15, -0.1) is 0 Å². The Labute approximate surface area is 171 Å². The number of amides is 3. The van der Waals surface area contributed by atoms with Gasteiger partial charge in [0.25, 0.3) is 0 Å². The predicted molar refractivity (Wildman–Crippen MR) is 111 cm³/mol. The van der Waals surface area contributed by atoms with Crippen molar-refractivity contribution in [3.63, 3.8) is 0 Å². The number of benzene rings is 2. The summed E-state index contributed by atoms with van der Waals surface area (Å²) < 4.78 is 13.2. The molecule has 3 rings (SSSR count). The molecule has 1 heterocycles. The lowest BCUT2D eigenvalue weighted by atomic mass is 9.93. The summed E-state index contributed by atoms with van der Waals surface area (Å²) in [4.78, 5) is 26.3. The second-order valence-electron chi connectivity index (χ2n) is 7.69. The van der Waals surface area contributed by atoms with Crippen molar-refractivity contribution in [2.24, 2.45) is 5.92 Å². The van der Waals surface area contributed by atoms with Crippen LogP contribution in [-0.4, -0.2) is 29.9 Å². The number of urea groups is 1. The quantitative estimate of drug-likeness (QED) is 0.780. The number of carbonyl (C=O) groups is 2. The molecular weight excluding hydrogens is 369 g/mol. The Kier molecular flexibility index (Phi) is 7.22. The average Bonchev–Trinajstić information content (AvgIpc) is 2.72. The van der Waals surface area contributed by atoms with Crippen LogP contribution in [0.15, 0.2) is 48.5 Å². The van der Waals surface area contributed by atoms with Crippen molar-refractivity contribution in [2.75, 3.05) is 13.1 Å². The van der Waals surface area contributed by atoms with Crippen LogP contribution in [0.25, 0.3) is 0 Å². The third kappa shape index (κ3) is 6.59. The van der Waals surface area contributed by atoms with Crippen LogP contribution in [0.1, 0.15) is 36.0 Å². The van der Waals surface area contributed by atoms with Crippen molar-refractivity contribution < 1.29 is 14.0 Å². The van der Waals surface area contributed by atoms with Gasteiger partial charge in [0.1, 0.15) is 5.82 Å². The number of hydrogen-bond donors (Lipinski definition) is 2. The molecule has 154 valence electrons. The number of nitrogens with zero attached hydrogens (tertiary/aromatic N) is 1. The van der Waals surface area contributed by atoms with Gasteiger partial charge >= 0.3 is 6.03 Å².